The van der Waals surface area contributed by atoms with Gasteiger partial charge in [0.05, 0.1) is 37.9 Å². The Kier molecular flexibility index (Phi) is 4.91. The Bertz CT molecular complexity index is 613. The molecular weight excluding hydrogens is 339 g/mol. The Balaban J connectivity index is 1.47. The van der Waals surface area contributed by atoms with Gasteiger partial charge in [-0.3, -0.25) is 25.2 Å². The number of alkyl halides is 1. The highest BCUT2D eigenvalue weighted by Gasteiger charge is 2.45. The third-order valence-corrected chi connectivity index (χ3v) is 5.59. The summed E-state index contributed by atoms with van der Waals surface area (Å²) in [5.41, 5.74) is 12.5. The number of aliphatic imine (C=N–C) groups is 2. The second kappa shape index (κ2) is 7.18. The number of fused-ring (bicyclic) bond motifs is 1. The number of amides is 1. The SMILES string of the molecule is CC1CCNN1C1CC=NCC1NC(=O)C1C2=NCC(F)CN2NC1N. The topological polar surface area (TPSA) is 110 Å². The number of amidine groups is 1. The molecule has 4 rings (SSSR count). The zero-order valence-electron chi connectivity index (χ0n) is 14.9. The molecule has 2 fully saturated rings. The molecule has 0 spiro atoms. The molecule has 26 heavy (non-hydrogen) atoms. The van der Waals surface area contributed by atoms with Gasteiger partial charge in [0.15, 0.2) is 0 Å². The van der Waals surface area contributed by atoms with Gasteiger partial charge >= 0.3 is 0 Å². The lowest BCUT2D eigenvalue weighted by Crippen LogP contribution is -2.60. The van der Waals surface area contributed by atoms with E-state index >= 15 is 0 Å². The second-order valence-corrected chi connectivity index (χ2v) is 7.46. The van der Waals surface area contributed by atoms with Gasteiger partial charge in [-0.2, -0.15) is 0 Å². The van der Waals surface area contributed by atoms with Crippen LogP contribution in [0.15, 0.2) is 9.98 Å². The Morgan fingerprint density at radius 1 is 1.46 bits per heavy atom. The first-order valence-corrected chi connectivity index (χ1v) is 9.33. The predicted octanol–water partition coefficient (Wildman–Crippen LogP) is -1.62. The largest absolute Gasteiger partial charge is 0.349 e. The number of nitrogens with two attached hydrogens (primary N) is 1. The zero-order chi connectivity index (χ0) is 18.3. The van der Waals surface area contributed by atoms with Crippen LogP contribution in [0.3, 0.4) is 0 Å². The van der Waals surface area contributed by atoms with Gasteiger partial charge in [-0.25, -0.2) is 14.8 Å². The van der Waals surface area contributed by atoms with Crippen molar-refractivity contribution in [1.29, 1.82) is 0 Å². The van der Waals surface area contributed by atoms with Gasteiger partial charge in [-0.05, 0) is 13.3 Å². The van der Waals surface area contributed by atoms with Gasteiger partial charge in [0.25, 0.3) is 0 Å². The number of nitrogens with one attached hydrogen (secondary N) is 3. The monoisotopic (exact) mass is 366 g/mol. The van der Waals surface area contributed by atoms with Crippen LogP contribution in [0, 0.1) is 5.92 Å². The lowest BCUT2D eigenvalue weighted by atomic mass is 9.98. The molecule has 2 saturated heterocycles. The van der Waals surface area contributed by atoms with E-state index in [4.69, 9.17) is 5.73 Å². The third kappa shape index (κ3) is 3.22. The molecule has 0 aromatic carbocycles. The first kappa shape index (κ1) is 17.8. The Labute approximate surface area is 152 Å². The van der Waals surface area contributed by atoms with E-state index in [1.54, 1.807) is 5.01 Å². The number of hydrogen-bond donors (Lipinski definition) is 4. The quantitative estimate of drug-likeness (QED) is 0.478. The van der Waals surface area contributed by atoms with E-state index in [2.05, 4.69) is 38.1 Å². The number of halogens is 1. The molecule has 0 aromatic rings. The molecule has 5 N–H and O–H groups in total. The third-order valence-electron chi connectivity index (χ3n) is 5.59. The van der Waals surface area contributed by atoms with Crippen LogP contribution >= 0.6 is 0 Å². The van der Waals surface area contributed by atoms with Crippen LogP contribution in [0.5, 0.6) is 0 Å². The fraction of sp³-hybridized carbons (Fsp3) is 0.812. The Morgan fingerprint density at radius 2 is 2.31 bits per heavy atom. The zero-order valence-corrected chi connectivity index (χ0v) is 14.9. The number of hydrazine groups is 2. The molecule has 0 saturated carbocycles. The van der Waals surface area contributed by atoms with Gasteiger partial charge in [-0.15, -0.1) is 0 Å². The van der Waals surface area contributed by atoms with Crippen LogP contribution in [0.2, 0.25) is 0 Å². The minimum Gasteiger partial charge on any atom is -0.349 e. The Hall–Kier alpha value is -1.62. The van der Waals surface area contributed by atoms with Crippen LogP contribution < -0.4 is 21.9 Å². The number of hydrogen-bond acceptors (Lipinski definition) is 8. The first-order valence-electron chi connectivity index (χ1n) is 9.33. The fourth-order valence-corrected chi connectivity index (χ4v) is 4.23. The maximum absolute atomic E-state index is 13.6. The van der Waals surface area contributed by atoms with Crippen molar-refractivity contribution in [2.75, 3.05) is 26.2 Å². The summed E-state index contributed by atoms with van der Waals surface area (Å²) in [5.74, 6) is -0.257. The highest BCUT2D eigenvalue weighted by molar-refractivity contribution is 6.05. The van der Waals surface area contributed by atoms with Crippen molar-refractivity contribution in [1.82, 2.24) is 26.2 Å². The maximum Gasteiger partial charge on any atom is 0.234 e. The molecule has 10 heteroatoms. The van der Waals surface area contributed by atoms with Gasteiger partial charge in [-0.1, -0.05) is 0 Å². The number of carbonyl (C=O) groups is 1. The first-order chi connectivity index (χ1) is 12.5. The summed E-state index contributed by atoms with van der Waals surface area (Å²) in [5, 5.41) is 6.94. The smallest absolute Gasteiger partial charge is 0.234 e. The van der Waals surface area contributed by atoms with Crippen LogP contribution in [0.25, 0.3) is 0 Å². The minimum atomic E-state index is -1.04. The fourth-order valence-electron chi connectivity index (χ4n) is 4.23. The molecule has 4 aliphatic rings. The van der Waals surface area contributed by atoms with Gasteiger partial charge < -0.3 is 11.1 Å². The molecule has 4 heterocycles. The summed E-state index contributed by atoms with van der Waals surface area (Å²) in [6.45, 7) is 3.92. The minimum absolute atomic E-state index is 0.0789. The summed E-state index contributed by atoms with van der Waals surface area (Å²) < 4.78 is 13.6. The molecule has 4 aliphatic heterocycles. The lowest BCUT2D eigenvalue weighted by molar-refractivity contribution is -0.124. The molecule has 144 valence electrons. The number of carbonyl (C=O) groups excluding carboxylic acids is 1. The average molecular weight is 366 g/mol. The van der Waals surface area contributed by atoms with E-state index in [9.17, 15) is 9.18 Å². The van der Waals surface area contributed by atoms with E-state index in [1.165, 1.54) is 0 Å². The van der Waals surface area contributed by atoms with E-state index in [-0.39, 0.29) is 31.1 Å². The summed E-state index contributed by atoms with van der Waals surface area (Å²) >= 11 is 0. The van der Waals surface area contributed by atoms with Crippen molar-refractivity contribution in [2.45, 2.75) is 50.2 Å². The molecule has 9 nitrogen and oxygen atoms in total. The molecule has 0 aromatic heterocycles. The van der Waals surface area contributed by atoms with E-state index < -0.39 is 18.3 Å². The number of nitrogens with zero attached hydrogens (tertiary/aromatic N) is 4. The molecule has 1 amide bonds. The maximum atomic E-state index is 13.6. The van der Waals surface area contributed by atoms with E-state index in [1.807, 2.05) is 6.21 Å². The number of rotatable bonds is 3. The predicted molar refractivity (Wildman–Crippen MR) is 96.1 cm³/mol. The standard InChI is InChI=1S/C16H27FN8O/c1-9-2-5-21-25(9)12-3-4-19-7-11(12)22-16(26)13-14(18)23-24-8-10(17)6-20-15(13)24/h4,9-14,21,23H,2-3,5-8,18H2,1H3,(H,22,26). The molecule has 6 unspecified atom stereocenters. The molecule has 0 radical (unpaired) electrons. The van der Waals surface area contributed by atoms with Crippen molar-refractivity contribution in [2.24, 2.45) is 21.6 Å². The van der Waals surface area contributed by atoms with Crippen LogP contribution in [-0.2, 0) is 4.79 Å². The van der Waals surface area contributed by atoms with Crippen LogP contribution in [-0.4, -0.2) is 84.6 Å². The van der Waals surface area contributed by atoms with Gasteiger partial charge in [0, 0.05) is 25.2 Å². The summed E-state index contributed by atoms with van der Waals surface area (Å²) in [6, 6.07) is 0.472. The van der Waals surface area contributed by atoms with Gasteiger partial charge in [0.2, 0.25) is 5.91 Å². The van der Waals surface area contributed by atoms with E-state index in [0.717, 1.165) is 19.4 Å². The molecule has 0 aliphatic carbocycles. The summed E-state index contributed by atoms with van der Waals surface area (Å²) in [6.07, 6.45) is 2.15. The normalized spacial score (nSPS) is 40.4. The summed E-state index contributed by atoms with van der Waals surface area (Å²) in [4.78, 5) is 21.6. The van der Waals surface area contributed by atoms with Crippen LogP contribution in [0.4, 0.5) is 4.39 Å². The van der Waals surface area contributed by atoms with Crippen LogP contribution in [0.1, 0.15) is 19.8 Å². The summed E-state index contributed by atoms with van der Waals surface area (Å²) in [7, 11) is 0. The van der Waals surface area contributed by atoms with Crippen molar-refractivity contribution in [3.8, 4) is 0 Å². The Morgan fingerprint density at radius 3 is 3.08 bits per heavy atom. The van der Waals surface area contributed by atoms with Crippen molar-refractivity contribution >= 4 is 18.0 Å². The average Bonchev–Trinajstić information content (AvgIpc) is 3.17. The van der Waals surface area contributed by atoms with Gasteiger partial charge in [0.1, 0.15) is 17.9 Å². The highest BCUT2D eigenvalue weighted by Crippen LogP contribution is 2.22. The lowest BCUT2D eigenvalue weighted by Gasteiger charge is -2.38. The van der Waals surface area contributed by atoms with E-state index in [0.29, 0.717) is 18.4 Å². The second-order valence-electron chi connectivity index (χ2n) is 7.46. The van der Waals surface area contributed by atoms with Crippen molar-refractivity contribution in [3.63, 3.8) is 0 Å². The molecule has 6 atom stereocenters. The highest BCUT2D eigenvalue weighted by atomic mass is 19.1. The van der Waals surface area contributed by atoms with Crippen molar-refractivity contribution < 1.29 is 9.18 Å². The molecular formula is C16H27FN8O. The molecule has 0 bridgehead atoms. The van der Waals surface area contributed by atoms with Crippen molar-refractivity contribution in [3.05, 3.63) is 0 Å².